The molecule has 2 heteroatoms. The average molecular weight is 251 g/mol. The van der Waals surface area contributed by atoms with Gasteiger partial charge in [0.1, 0.15) is 5.75 Å². The predicted molar refractivity (Wildman–Crippen MR) is 78.8 cm³/mol. The lowest BCUT2D eigenvalue weighted by Crippen LogP contribution is -1.58. The first-order chi connectivity index (χ1) is 9.39. The van der Waals surface area contributed by atoms with Crippen LogP contribution in [-0.4, -0.2) is 10.1 Å². The van der Waals surface area contributed by atoms with Crippen LogP contribution in [0.3, 0.4) is 0 Å². The minimum absolute atomic E-state index is 0.322. The van der Waals surface area contributed by atoms with Gasteiger partial charge >= 0.3 is 0 Å². The highest BCUT2D eigenvalue weighted by Gasteiger charge is 1.74. The van der Waals surface area contributed by atoms with E-state index in [2.05, 4.69) is 4.98 Å². The van der Waals surface area contributed by atoms with Crippen molar-refractivity contribution in [3.63, 3.8) is 0 Å². The van der Waals surface area contributed by atoms with E-state index >= 15 is 0 Å². The molecular weight excluding hydrogens is 234 g/mol. The van der Waals surface area contributed by atoms with Crippen molar-refractivity contribution >= 4 is 0 Å². The molecule has 0 radical (unpaired) electrons. The van der Waals surface area contributed by atoms with Crippen molar-refractivity contribution < 1.29 is 5.11 Å². The number of phenolic OH excluding ortho intramolecular Hbond substituents is 1. The Balaban J connectivity index is 0.000000143. The molecule has 1 aromatic heterocycles. The molecule has 0 unspecified atom stereocenters. The minimum atomic E-state index is 0.322. The molecular formula is C17H17NO. The molecule has 0 saturated heterocycles. The quantitative estimate of drug-likeness (QED) is 0.650. The third-order valence-electron chi connectivity index (χ3n) is 1.99. The highest BCUT2D eigenvalue weighted by atomic mass is 16.3. The summed E-state index contributed by atoms with van der Waals surface area (Å²) >= 11 is 0. The van der Waals surface area contributed by atoms with Crippen molar-refractivity contribution in [3.8, 4) is 5.75 Å². The Morgan fingerprint density at radius 2 is 0.895 bits per heavy atom. The Morgan fingerprint density at radius 3 is 1.11 bits per heavy atom. The molecule has 3 aromatic rings. The molecule has 0 spiro atoms. The lowest BCUT2D eigenvalue weighted by Gasteiger charge is -1.82. The van der Waals surface area contributed by atoms with Crippen LogP contribution in [0.1, 0.15) is 0 Å². The summed E-state index contributed by atoms with van der Waals surface area (Å²) in [6, 6.07) is 26.4. The third kappa shape index (κ3) is 9.12. The van der Waals surface area contributed by atoms with Crippen LogP contribution in [0.4, 0.5) is 0 Å². The first kappa shape index (κ1) is 14.5. The summed E-state index contributed by atoms with van der Waals surface area (Å²) in [5.41, 5.74) is 0. The van der Waals surface area contributed by atoms with Crippen LogP contribution in [-0.2, 0) is 0 Å². The summed E-state index contributed by atoms with van der Waals surface area (Å²) in [4.78, 5) is 3.78. The predicted octanol–water partition coefficient (Wildman–Crippen LogP) is 4.16. The number of nitrogens with zero attached hydrogens (tertiary/aromatic N) is 1. The van der Waals surface area contributed by atoms with E-state index in [-0.39, 0.29) is 0 Å². The van der Waals surface area contributed by atoms with E-state index in [1.807, 2.05) is 60.7 Å². The number of hydrogen-bond acceptors (Lipinski definition) is 2. The van der Waals surface area contributed by atoms with Crippen molar-refractivity contribution in [3.05, 3.63) is 97.3 Å². The highest BCUT2D eigenvalue weighted by Crippen LogP contribution is 2.02. The van der Waals surface area contributed by atoms with Gasteiger partial charge in [-0.15, -0.1) is 0 Å². The van der Waals surface area contributed by atoms with Crippen LogP contribution in [0.2, 0.25) is 0 Å². The number of benzene rings is 2. The summed E-state index contributed by atoms with van der Waals surface area (Å²) in [5, 5.41) is 8.63. The summed E-state index contributed by atoms with van der Waals surface area (Å²) in [5.74, 6) is 0.322. The van der Waals surface area contributed by atoms with Crippen molar-refractivity contribution in [2.75, 3.05) is 0 Å². The topological polar surface area (TPSA) is 33.1 Å². The Bertz CT molecular complexity index is 412. The molecule has 2 aromatic carbocycles. The lowest BCUT2D eigenvalue weighted by molar-refractivity contribution is 0.475. The molecule has 0 atom stereocenters. The minimum Gasteiger partial charge on any atom is -0.508 e. The Kier molecular flexibility index (Phi) is 8.02. The van der Waals surface area contributed by atoms with E-state index < -0.39 is 0 Å². The number of hydrogen-bond donors (Lipinski definition) is 1. The van der Waals surface area contributed by atoms with Gasteiger partial charge < -0.3 is 5.11 Å². The maximum atomic E-state index is 8.63. The van der Waals surface area contributed by atoms with E-state index in [1.165, 1.54) is 0 Å². The van der Waals surface area contributed by atoms with Gasteiger partial charge in [-0.3, -0.25) is 4.98 Å². The fraction of sp³-hybridized carbons (Fsp3) is 0. The van der Waals surface area contributed by atoms with Gasteiger partial charge in [0.2, 0.25) is 0 Å². The highest BCUT2D eigenvalue weighted by molar-refractivity contribution is 5.18. The van der Waals surface area contributed by atoms with Gasteiger partial charge in [-0.25, -0.2) is 0 Å². The van der Waals surface area contributed by atoms with Gasteiger partial charge in [0.05, 0.1) is 0 Å². The summed E-state index contributed by atoms with van der Waals surface area (Å²) < 4.78 is 0. The van der Waals surface area contributed by atoms with Gasteiger partial charge in [-0.1, -0.05) is 60.7 Å². The van der Waals surface area contributed by atoms with Crippen molar-refractivity contribution in [1.29, 1.82) is 0 Å². The second-order valence-corrected chi connectivity index (χ2v) is 3.51. The molecule has 0 amide bonds. The first-order valence-corrected chi connectivity index (χ1v) is 5.98. The van der Waals surface area contributed by atoms with E-state index in [9.17, 15) is 0 Å². The maximum absolute atomic E-state index is 8.63. The van der Waals surface area contributed by atoms with E-state index in [1.54, 1.807) is 36.7 Å². The lowest BCUT2D eigenvalue weighted by atomic mass is 10.3. The van der Waals surface area contributed by atoms with Gasteiger partial charge in [-0.05, 0) is 24.3 Å². The van der Waals surface area contributed by atoms with Crippen LogP contribution in [0.25, 0.3) is 0 Å². The molecule has 1 N–H and O–H groups in total. The fourth-order valence-corrected chi connectivity index (χ4v) is 1.13. The third-order valence-corrected chi connectivity index (χ3v) is 1.99. The number of aromatic nitrogens is 1. The maximum Gasteiger partial charge on any atom is 0.115 e. The van der Waals surface area contributed by atoms with E-state index in [4.69, 9.17) is 5.11 Å². The molecule has 0 aliphatic carbocycles. The smallest absolute Gasteiger partial charge is 0.115 e. The van der Waals surface area contributed by atoms with Gasteiger partial charge in [0, 0.05) is 12.4 Å². The van der Waals surface area contributed by atoms with Crippen molar-refractivity contribution in [2.24, 2.45) is 0 Å². The number of pyridine rings is 1. The second kappa shape index (κ2) is 10.5. The molecule has 3 rings (SSSR count). The molecule has 2 nitrogen and oxygen atoms in total. The number of aromatic hydroxyl groups is 1. The fourth-order valence-electron chi connectivity index (χ4n) is 1.13. The molecule has 19 heavy (non-hydrogen) atoms. The standard InChI is InChI=1S/C6H6O.C6H6.C5H5N/c7-6-4-2-1-3-5-6;2*1-2-4-6-5-3-1/h1-5,7H;1-6H;1-5H. The molecule has 0 saturated carbocycles. The number of para-hydroxylation sites is 1. The zero-order valence-corrected chi connectivity index (χ0v) is 10.6. The van der Waals surface area contributed by atoms with Gasteiger partial charge in [0.15, 0.2) is 0 Å². The average Bonchev–Trinajstić information content (AvgIpc) is 2.53. The molecule has 0 aliphatic rings. The Hall–Kier alpha value is -2.61. The number of rotatable bonds is 0. The summed E-state index contributed by atoms with van der Waals surface area (Å²) in [7, 11) is 0. The zero-order chi connectivity index (χ0) is 13.6. The molecule has 0 bridgehead atoms. The van der Waals surface area contributed by atoms with Gasteiger partial charge in [-0.2, -0.15) is 0 Å². The molecule has 0 aliphatic heterocycles. The molecule has 1 heterocycles. The largest absolute Gasteiger partial charge is 0.508 e. The van der Waals surface area contributed by atoms with Gasteiger partial charge in [0.25, 0.3) is 0 Å². The molecule has 96 valence electrons. The number of phenols is 1. The first-order valence-electron chi connectivity index (χ1n) is 5.98. The van der Waals surface area contributed by atoms with E-state index in [0.29, 0.717) is 5.75 Å². The summed E-state index contributed by atoms with van der Waals surface area (Å²) in [6.45, 7) is 0. The van der Waals surface area contributed by atoms with Crippen LogP contribution in [0, 0.1) is 0 Å². The Morgan fingerprint density at radius 1 is 0.526 bits per heavy atom. The Labute approximate surface area is 114 Å². The van der Waals surface area contributed by atoms with Crippen molar-refractivity contribution in [2.45, 2.75) is 0 Å². The van der Waals surface area contributed by atoms with Crippen LogP contribution < -0.4 is 0 Å². The van der Waals surface area contributed by atoms with E-state index in [0.717, 1.165) is 0 Å². The summed E-state index contributed by atoms with van der Waals surface area (Å²) in [6.07, 6.45) is 3.50. The second-order valence-electron chi connectivity index (χ2n) is 3.51. The zero-order valence-electron chi connectivity index (χ0n) is 10.6. The van der Waals surface area contributed by atoms with Crippen LogP contribution in [0.15, 0.2) is 97.3 Å². The molecule has 0 fully saturated rings. The SMILES string of the molecule is Oc1ccccc1.c1ccccc1.c1ccncc1. The van der Waals surface area contributed by atoms with Crippen LogP contribution >= 0.6 is 0 Å². The van der Waals surface area contributed by atoms with Crippen LogP contribution in [0.5, 0.6) is 5.75 Å². The van der Waals surface area contributed by atoms with Crippen molar-refractivity contribution in [1.82, 2.24) is 4.98 Å². The normalized spacial score (nSPS) is 8.21. The monoisotopic (exact) mass is 251 g/mol.